The molecule has 1 aliphatic rings. The first kappa shape index (κ1) is 22.0. The van der Waals surface area contributed by atoms with Crippen molar-refractivity contribution in [1.29, 1.82) is 0 Å². The molecule has 5 atom stereocenters. The molecule has 4 rings (SSSR count). The molecule has 1 aromatic heterocycles. The molecule has 2 aromatic carbocycles. The minimum Gasteiger partial charge on any atom is -0.508 e. The van der Waals surface area contributed by atoms with E-state index in [-0.39, 0.29) is 28.0 Å². The van der Waals surface area contributed by atoms with Gasteiger partial charge in [0.25, 0.3) is 0 Å². The van der Waals surface area contributed by atoms with Crippen LogP contribution >= 0.6 is 0 Å². The molecule has 3 aromatic rings. The zero-order valence-electron chi connectivity index (χ0n) is 16.3. The molecule has 11 nitrogen and oxygen atoms in total. The molecule has 32 heavy (non-hydrogen) atoms. The van der Waals surface area contributed by atoms with Gasteiger partial charge in [-0.3, -0.25) is 4.79 Å². The summed E-state index contributed by atoms with van der Waals surface area (Å²) in [5.74, 6) is -3.76. The van der Waals surface area contributed by atoms with Crippen LogP contribution in [0.3, 0.4) is 0 Å². The Labute approximate surface area is 179 Å². The second-order valence-corrected chi connectivity index (χ2v) is 7.34. The predicted molar refractivity (Wildman–Crippen MR) is 107 cm³/mol. The Bertz CT molecular complexity index is 1190. The maximum absolute atomic E-state index is 12.9. The van der Waals surface area contributed by atoms with Crippen molar-refractivity contribution in [3.8, 4) is 28.4 Å². The van der Waals surface area contributed by atoms with E-state index < -0.39 is 48.2 Å². The first-order chi connectivity index (χ1) is 15.1. The van der Waals surface area contributed by atoms with E-state index >= 15 is 0 Å². The molecule has 1 aliphatic heterocycles. The third-order valence-corrected chi connectivity index (χ3v) is 5.20. The van der Waals surface area contributed by atoms with E-state index in [2.05, 4.69) is 0 Å². The molecule has 1 fully saturated rings. The van der Waals surface area contributed by atoms with Crippen molar-refractivity contribution in [2.24, 2.45) is 0 Å². The van der Waals surface area contributed by atoms with Gasteiger partial charge < -0.3 is 49.6 Å². The van der Waals surface area contributed by atoms with Crippen molar-refractivity contribution in [3.63, 3.8) is 0 Å². The third kappa shape index (κ3) is 3.66. The smallest absolute Gasteiger partial charge is 0.355 e. The molecule has 0 bridgehead atoms. The van der Waals surface area contributed by atoms with Crippen LogP contribution in [0.5, 0.6) is 17.2 Å². The number of aliphatic hydroxyl groups excluding tert-OH is 4. The summed E-state index contributed by atoms with van der Waals surface area (Å²) >= 11 is 0. The summed E-state index contributed by atoms with van der Waals surface area (Å²) in [7, 11) is 0. The van der Waals surface area contributed by atoms with Crippen molar-refractivity contribution in [2.75, 3.05) is 6.61 Å². The van der Waals surface area contributed by atoms with Crippen LogP contribution in [-0.2, 0) is 4.74 Å². The number of ether oxygens (including phenoxy) is 2. The van der Waals surface area contributed by atoms with E-state index in [1.54, 1.807) is 0 Å². The van der Waals surface area contributed by atoms with Crippen LogP contribution in [0.1, 0.15) is 0 Å². The Morgan fingerprint density at radius 1 is 1.03 bits per heavy atom. The number of hydrogen-bond acceptors (Lipinski definition) is 11. The highest BCUT2D eigenvalue weighted by molar-refractivity contribution is 5.88. The Morgan fingerprint density at radius 2 is 1.72 bits per heavy atom. The van der Waals surface area contributed by atoms with E-state index in [4.69, 9.17) is 13.9 Å². The number of aromatic hydroxyl groups is 2. The molecule has 0 aliphatic carbocycles. The van der Waals surface area contributed by atoms with Gasteiger partial charge in [-0.15, -0.1) is 0 Å². The quantitative estimate of drug-likeness (QED) is 0.252. The van der Waals surface area contributed by atoms with Crippen molar-refractivity contribution < 1.29 is 49.6 Å². The van der Waals surface area contributed by atoms with Gasteiger partial charge in [0.15, 0.2) is 6.10 Å². The Balaban J connectivity index is 1.72. The lowest BCUT2D eigenvalue weighted by Crippen LogP contribution is -2.67. The second kappa shape index (κ2) is 8.06. The fourth-order valence-corrected chi connectivity index (χ4v) is 3.48. The number of rotatable bonds is 4. The van der Waals surface area contributed by atoms with Gasteiger partial charge in [0.2, 0.25) is 5.43 Å². The number of fused-ring (bicyclic) bond motifs is 1. The van der Waals surface area contributed by atoms with Gasteiger partial charge in [0.1, 0.15) is 52.8 Å². The summed E-state index contributed by atoms with van der Waals surface area (Å²) in [5, 5.41) is 69.3. The summed E-state index contributed by atoms with van der Waals surface area (Å²) in [5.41, 5.74) is -0.143. The summed E-state index contributed by atoms with van der Waals surface area (Å²) in [6.07, 6.45) is -6.07. The maximum atomic E-state index is 12.9. The molecule has 7 N–H and O–H groups in total. The van der Waals surface area contributed by atoms with E-state index in [1.807, 2.05) is 0 Å². The monoisotopic (exact) mass is 448 g/mol. The van der Waals surface area contributed by atoms with E-state index in [0.717, 1.165) is 18.4 Å². The van der Waals surface area contributed by atoms with Crippen LogP contribution < -0.4 is 10.2 Å². The zero-order chi connectivity index (χ0) is 23.2. The molecule has 0 saturated carbocycles. The molecule has 2 heterocycles. The summed E-state index contributed by atoms with van der Waals surface area (Å²) < 4.78 is 15.7. The van der Waals surface area contributed by atoms with Crippen LogP contribution in [-0.4, -0.2) is 72.7 Å². The number of aliphatic hydroxyl groups is 5. The topological polar surface area (TPSA) is 190 Å². The number of phenolic OH excluding ortho intramolecular Hbond substituents is 2. The highest BCUT2D eigenvalue weighted by Crippen LogP contribution is 2.35. The van der Waals surface area contributed by atoms with Crippen molar-refractivity contribution in [2.45, 2.75) is 30.4 Å². The van der Waals surface area contributed by atoms with Crippen molar-refractivity contribution in [3.05, 3.63) is 52.9 Å². The number of benzene rings is 2. The maximum Gasteiger partial charge on any atom is 0.355 e. The van der Waals surface area contributed by atoms with Gasteiger partial charge in [-0.1, -0.05) is 12.1 Å². The molecule has 0 amide bonds. The Kier molecular flexibility index (Phi) is 5.54. The minimum absolute atomic E-state index is 0.00897. The van der Waals surface area contributed by atoms with Gasteiger partial charge in [0, 0.05) is 12.1 Å². The molecule has 11 heteroatoms. The average Bonchev–Trinajstić information content (AvgIpc) is 2.76. The molecule has 170 valence electrons. The lowest BCUT2D eigenvalue weighted by atomic mass is 9.98. The lowest BCUT2D eigenvalue weighted by Gasteiger charge is -2.44. The Hall–Kier alpha value is -3.19. The molecule has 1 saturated heterocycles. The van der Waals surface area contributed by atoms with Gasteiger partial charge >= 0.3 is 5.97 Å². The van der Waals surface area contributed by atoms with Gasteiger partial charge in [0.05, 0.1) is 12.2 Å². The van der Waals surface area contributed by atoms with Crippen LogP contribution in [0.15, 0.2) is 51.9 Å². The fraction of sp³-hybridized carbons (Fsp3) is 0.286. The largest absolute Gasteiger partial charge is 0.508 e. The van der Waals surface area contributed by atoms with Crippen molar-refractivity contribution >= 4 is 11.0 Å². The van der Waals surface area contributed by atoms with Gasteiger partial charge in [-0.2, -0.15) is 0 Å². The van der Waals surface area contributed by atoms with Crippen LogP contribution in [0.2, 0.25) is 0 Å². The molecule has 0 spiro atoms. The van der Waals surface area contributed by atoms with Gasteiger partial charge in [-0.25, -0.2) is 0 Å². The SMILES string of the molecule is O=c1c(-c2ccc(O)cc2)coc2cc(O[C@]3(O)O[C@H](CO)[C@@H](O)[C@H](O)[C@H]3O)cc(O)c12. The zero-order valence-corrected chi connectivity index (χ0v) is 16.3. The number of phenols is 2. The van der Waals surface area contributed by atoms with E-state index in [1.165, 1.54) is 24.3 Å². The van der Waals surface area contributed by atoms with Crippen LogP contribution in [0.25, 0.3) is 22.1 Å². The fourth-order valence-electron chi connectivity index (χ4n) is 3.48. The first-order valence-corrected chi connectivity index (χ1v) is 9.47. The molecule has 0 radical (unpaired) electrons. The summed E-state index contributed by atoms with van der Waals surface area (Å²) in [4.78, 5) is 12.9. The average molecular weight is 448 g/mol. The Morgan fingerprint density at radius 3 is 2.38 bits per heavy atom. The summed E-state index contributed by atoms with van der Waals surface area (Å²) in [6, 6.07) is 7.86. The van der Waals surface area contributed by atoms with Crippen LogP contribution in [0, 0.1) is 0 Å². The lowest BCUT2D eigenvalue weighted by molar-refractivity contribution is -0.422. The predicted octanol–water partition coefficient (Wildman–Crippen LogP) is -0.630. The highest BCUT2D eigenvalue weighted by Gasteiger charge is 2.55. The van der Waals surface area contributed by atoms with Gasteiger partial charge in [-0.05, 0) is 17.7 Å². The molecular weight excluding hydrogens is 428 g/mol. The highest BCUT2D eigenvalue weighted by atomic mass is 16.8. The van der Waals surface area contributed by atoms with E-state index in [0.29, 0.717) is 5.56 Å². The third-order valence-electron chi connectivity index (χ3n) is 5.20. The number of hydrogen-bond donors (Lipinski definition) is 7. The standard InChI is InChI=1S/C21H20O11/c22-7-15-18(26)19(27)20(28)21(29,32-15)31-11-5-13(24)16-14(6-11)30-8-12(17(16)25)9-1-3-10(23)4-2-9/h1-6,8,15,18-20,22-24,26-29H,7H2/t15-,18-,19+,20-,21+/m1/s1. The molecular formula is C21H20O11. The van der Waals surface area contributed by atoms with Crippen molar-refractivity contribution in [1.82, 2.24) is 0 Å². The normalized spacial score (nSPS) is 28.0. The van der Waals surface area contributed by atoms with E-state index in [9.17, 15) is 40.5 Å². The molecule has 0 unspecified atom stereocenters. The minimum atomic E-state index is -2.89. The second-order valence-electron chi connectivity index (χ2n) is 7.34. The first-order valence-electron chi connectivity index (χ1n) is 9.47. The summed E-state index contributed by atoms with van der Waals surface area (Å²) in [6.45, 7) is -0.797. The van der Waals surface area contributed by atoms with Crippen LogP contribution in [0.4, 0.5) is 0 Å².